The third-order valence-electron chi connectivity index (χ3n) is 3.85. The maximum absolute atomic E-state index is 6.11. The van der Waals surface area contributed by atoms with E-state index in [1.54, 1.807) is 7.11 Å². The van der Waals surface area contributed by atoms with Crippen LogP contribution in [0.5, 0.6) is 5.75 Å². The zero-order valence-corrected chi connectivity index (χ0v) is 13.3. The van der Waals surface area contributed by atoms with Crippen molar-refractivity contribution in [1.82, 2.24) is 0 Å². The number of benzene rings is 2. The second kappa shape index (κ2) is 6.71. The Balaban J connectivity index is 1.81. The largest absolute Gasteiger partial charge is 0.488 e. The van der Waals surface area contributed by atoms with Crippen molar-refractivity contribution in [2.75, 3.05) is 12.4 Å². The summed E-state index contributed by atoms with van der Waals surface area (Å²) in [6, 6.07) is 15.7. The molecule has 1 heterocycles. The first-order valence-corrected chi connectivity index (χ1v) is 7.61. The van der Waals surface area contributed by atoms with Gasteiger partial charge in [0.1, 0.15) is 17.9 Å². The van der Waals surface area contributed by atoms with Gasteiger partial charge in [-0.2, -0.15) is 0 Å². The van der Waals surface area contributed by atoms with Gasteiger partial charge >= 0.3 is 0 Å². The zero-order chi connectivity index (χ0) is 16.2. The highest BCUT2D eigenvalue weighted by Crippen LogP contribution is 2.38. The zero-order valence-electron chi connectivity index (χ0n) is 13.3. The number of rotatable bonds is 4. The number of para-hydroxylation sites is 2. The molecule has 3 N–H and O–H groups in total. The molecule has 3 rings (SSSR count). The number of nitrogens with two attached hydrogens (primary N) is 1. The van der Waals surface area contributed by atoms with E-state index in [1.807, 2.05) is 55.5 Å². The van der Waals surface area contributed by atoms with Gasteiger partial charge in [-0.05, 0) is 19.1 Å². The van der Waals surface area contributed by atoms with E-state index in [0.717, 1.165) is 22.6 Å². The lowest BCUT2D eigenvalue weighted by Crippen LogP contribution is -2.26. The van der Waals surface area contributed by atoms with Crippen LogP contribution in [0.1, 0.15) is 24.1 Å². The summed E-state index contributed by atoms with van der Waals surface area (Å²) in [6.45, 7) is 2.52. The summed E-state index contributed by atoms with van der Waals surface area (Å²) < 4.78 is 11.0. The molecule has 120 valence electrons. The number of nitrogens with one attached hydrogen (secondary N) is 1. The molecule has 0 aromatic heterocycles. The Morgan fingerprint density at radius 3 is 2.78 bits per heavy atom. The monoisotopic (exact) mass is 311 g/mol. The molecule has 2 aromatic carbocycles. The number of methoxy groups -OCH3 is 1. The highest BCUT2D eigenvalue weighted by atomic mass is 16.5. The lowest BCUT2D eigenvalue weighted by Gasteiger charge is -2.14. The summed E-state index contributed by atoms with van der Waals surface area (Å²) in [6.07, 6.45) is -0.0398. The Morgan fingerprint density at radius 1 is 1.22 bits per heavy atom. The Bertz CT molecular complexity index is 715. The Hall–Kier alpha value is -2.53. The van der Waals surface area contributed by atoms with Crippen LogP contribution in [0.15, 0.2) is 53.5 Å². The van der Waals surface area contributed by atoms with Gasteiger partial charge in [0.15, 0.2) is 5.96 Å². The first-order valence-electron chi connectivity index (χ1n) is 7.61. The molecule has 2 aromatic rings. The van der Waals surface area contributed by atoms with Crippen LogP contribution in [0, 0.1) is 0 Å². The first-order chi connectivity index (χ1) is 11.2. The highest BCUT2D eigenvalue weighted by molar-refractivity contribution is 5.93. The molecule has 5 heteroatoms. The van der Waals surface area contributed by atoms with Gasteiger partial charge in [-0.1, -0.05) is 36.4 Å². The van der Waals surface area contributed by atoms with Gasteiger partial charge in [0.05, 0.1) is 6.61 Å². The quantitative estimate of drug-likeness (QED) is 0.672. The molecule has 0 aliphatic carbocycles. The number of guanidine groups is 1. The lowest BCUT2D eigenvalue weighted by molar-refractivity contribution is 0.185. The van der Waals surface area contributed by atoms with E-state index in [1.165, 1.54) is 0 Å². The van der Waals surface area contributed by atoms with Crippen LogP contribution in [-0.4, -0.2) is 19.2 Å². The van der Waals surface area contributed by atoms with E-state index in [-0.39, 0.29) is 12.1 Å². The van der Waals surface area contributed by atoms with Crippen LogP contribution in [0.4, 0.5) is 5.69 Å². The number of ether oxygens (including phenoxy) is 2. The fraction of sp³-hybridized carbons (Fsp3) is 0.278. The van der Waals surface area contributed by atoms with E-state index in [9.17, 15) is 0 Å². The smallest absolute Gasteiger partial charge is 0.193 e. The minimum Gasteiger partial charge on any atom is -0.488 e. The minimum absolute atomic E-state index is 0.0398. The molecular formula is C18H21N3O2. The highest BCUT2D eigenvalue weighted by Gasteiger charge is 2.30. The number of nitrogens with zero attached hydrogens (tertiary/aromatic N) is 1. The normalized spacial score (nSPS) is 20.0. The summed E-state index contributed by atoms with van der Waals surface area (Å²) in [5.74, 6) is 1.24. The van der Waals surface area contributed by atoms with E-state index in [2.05, 4.69) is 10.3 Å². The summed E-state index contributed by atoms with van der Waals surface area (Å²) in [5.41, 5.74) is 9.11. The van der Waals surface area contributed by atoms with E-state index < -0.39 is 0 Å². The van der Waals surface area contributed by atoms with Gasteiger partial charge in [0.25, 0.3) is 0 Å². The molecule has 0 fully saturated rings. The van der Waals surface area contributed by atoms with Gasteiger partial charge < -0.3 is 20.5 Å². The summed E-state index contributed by atoms with van der Waals surface area (Å²) in [7, 11) is 1.67. The molecule has 23 heavy (non-hydrogen) atoms. The van der Waals surface area contributed by atoms with Crippen molar-refractivity contribution in [3.05, 3.63) is 59.7 Å². The standard InChI is InChI=1S/C18H21N3O2/c1-12-17(14-8-4-6-10-16(14)23-12)21-18(19)20-15-9-5-3-7-13(15)11-22-2/h3-10,12,17H,11H2,1-2H3,(H3,19,20,21). The van der Waals surface area contributed by atoms with Crippen molar-refractivity contribution in [2.45, 2.75) is 25.7 Å². The first kappa shape index (κ1) is 15.4. The molecule has 0 radical (unpaired) electrons. The third kappa shape index (κ3) is 3.29. The van der Waals surface area contributed by atoms with E-state index >= 15 is 0 Å². The Kier molecular flexibility index (Phi) is 4.48. The van der Waals surface area contributed by atoms with Crippen LogP contribution in [0.2, 0.25) is 0 Å². The average molecular weight is 311 g/mol. The van der Waals surface area contributed by atoms with Crippen molar-refractivity contribution < 1.29 is 9.47 Å². The van der Waals surface area contributed by atoms with E-state index in [0.29, 0.717) is 12.6 Å². The van der Waals surface area contributed by atoms with Crippen LogP contribution in [-0.2, 0) is 11.3 Å². The molecule has 2 unspecified atom stereocenters. The fourth-order valence-electron chi connectivity index (χ4n) is 2.77. The Morgan fingerprint density at radius 2 is 1.96 bits per heavy atom. The second-order valence-corrected chi connectivity index (χ2v) is 5.54. The molecule has 5 nitrogen and oxygen atoms in total. The number of hydrogen-bond acceptors (Lipinski definition) is 3. The van der Waals surface area contributed by atoms with Crippen LogP contribution in [0.25, 0.3) is 0 Å². The molecule has 0 bridgehead atoms. The third-order valence-corrected chi connectivity index (χ3v) is 3.85. The molecule has 1 aliphatic rings. The summed E-state index contributed by atoms with van der Waals surface area (Å²) in [4.78, 5) is 4.61. The Labute approximate surface area is 136 Å². The maximum Gasteiger partial charge on any atom is 0.193 e. The van der Waals surface area contributed by atoms with Gasteiger partial charge in [-0.15, -0.1) is 0 Å². The second-order valence-electron chi connectivity index (χ2n) is 5.54. The van der Waals surface area contributed by atoms with Crippen molar-refractivity contribution in [2.24, 2.45) is 10.7 Å². The molecule has 0 spiro atoms. The number of fused-ring (bicyclic) bond motifs is 1. The molecule has 1 aliphatic heterocycles. The van der Waals surface area contributed by atoms with Gasteiger partial charge in [-0.3, -0.25) is 0 Å². The fourth-order valence-corrected chi connectivity index (χ4v) is 2.77. The molecular weight excluding hydrogens is 290 g/mol. The number of hydrogen-bond donors (Lipinski definition) is 2. The molecule has 2 atom stereocenters. The van der Waals surface area contributed by atoms with Gasteiger partial charge in [-0.25, -0.2) is 4.99 Å². The minimum atomic E-state index is -0.103. The molecule has 0 saturated carbocycles. The van der Waals surface area contributed by atoms with Crippen molar-refractivity contribution in [1.29, 1.82) is 0 Å². The van der Waals surface area contributed by atoms with Gasteiger partial charge in [0, 0.05) is 23.9 Å². The van der Waals surface area contributed by atoms with Crippen molar-refractivity contribution in [3.63, 3.8) is 0 Å². The number of anilines is 1. The van der Waals surface area contributed by atoms with Crippen molar-refractivity contribution >= 4 is 11.6 Å². The van der Waals surface area contributed by atoms with Gasteiger partial charge in [0.2, 0.25) is 0 Å². The topological polar surface area (TPSA) is 68.9 Å². The van der Waals surface area contributed by atoms with Crippen molar-refractivity contribution in [3.8, 4) is 5.75 Å². The maximum atomic E-state index is 6.11. The SMILES string of the molecule is COCc1ccccc1NC(N)=NC1c2ccccc2OC1C. The summed E-state index contributed by atoms with van der Waals surface area (Å²) >= 11 is 0. The predicted molar refractivity (Wildman–Crippen MR) is 91.7 cm³/mol. The molecule has 0 amide bonds. The van der Waals surface area contributed by atoms with E-state index in [4.69, 9.17) is 15.2 Å². The van der Waals surface area contributed by atoms with Crippen LogP contribution < -0.4 is 15.8 Å². The predicted octanol–water partition coefficient (Wildman–Crippen LogP) is 3.08. The average Bonchev–Trinajstić information content (AvgIpc) is 2.85. The summed E-state index contributed by atoms with van der Waals surface area (Å²) in [5, 5.41) is 3.17. The number of aliphatic imine (C=N–C) groups is 1. The lowest BCUT2D eigenvalue weighted by atomic mass is 10.1. The molecule has 0 saturated heterocycles. The van der Waals surface area contributed by atoms with Crippen LogP contribution in [0.3, 0.4) is 0 Å². The van der Waals surface area contributed by atoms with Crippen LogP contribution >= 0.6 is 0 Å².